The normalized spacial score (nSPS) is 24.1. The molecule has 24 heavy (non-hydrogen) atoms. The van der Waals surface area contributed by atoms with E-state index in [1.54, 1.807) is 0 Å². The number of fused-ring (bicyclic) bond motifs is 2. The van der Waals surface area contributed by atoms with Gasteiger partial charge >= 0.3 is 0 Å². The Morgan fingerprint density at radius 3 is 2.92 bits per heavy atom. The molecule has 1 aromatic rings. The van der Waals surface area contributed by atoms with Gasteiger partial charge in [0.1, 0.15) is 0 Å². The Morgan fingerprint density at radius 2 is 2.08 bits per heavy atom. The maximum atomic E-state index is 6.38. The first-order valence-corrected chi connectivity index (χ1v) is 9.35. The summed E-state index contributed by atoms with van der Waals surface area (Å²) in [4.78, 5) is 4.71. The van der Waals surface area contributed by atoms with Gasteiger partial charge in [0.2, 0.25) is 0 Å². The number of nitrogens with zero attached hydrogens (tertiary/aromatic N) is 1. The smallest absolute Gasteiger partial charge is 0.0968 e. The predicted molar refractivity (Wildman–Crippen MR) is 101 cm³/mol. The summed E-state index contributed by atoms with van der Waals surface area (Å²) < 4.78 is 6.93. The number of aromatic nitrogens is 1. The number of piperidine rings is 1. The maximum Gasteiger partial charge on any atom is 0.0968 e. The molecule has 3 heterocycles. The number of pyridine rings is 1. The highest BCUT2D eigenvalue weighted by Gasteiger charge is 2.24. The molecule has 1 aliphatic carbocycles. The minimum Gasteiger partial charge on any atom is -0.365 e. The van der Waals surface area contributed by atoms with Crippen molar-refractivity contribution in [3.8, 4) is 0 Å². The quantitative estimate of drug-likeness (QED) is 0.692. The molecule has 4 rings (SSSR count). The lowest BCUT2D eigenvalue weighted by molar-refractivity contribution is 0.100. The van der Waals surface area contributed by atoms with Crippen LogP contribution in [-0.2, 0) is 11.3 Å². The van der Waals surface area contributed by atoms with E-state index in [0.29, 0.717) is 11.6 Å². The van der Waals surface area contributed by atoms with E-state index >= 15 is 0 Å². The fourth-order valence-corrected chi connectivity index (χ4v) is 3.96. The van der Waals surface area contributed by atoms with Gasteiger partial charge in [0.15, 0.2) is 0 Å². The average molecular weight is 406 g/mol. The first-order valence-electron chi connectivity index (χ1n) is 8.18. The molecular weight excluding hydrogens is 388 g/mol. The van der Waals surface area contributed by atoms with Crippen LogP contribution in [0.25, 0.3) is 5.57 Å². The van der Waals surface area contributed by atoms with Crippen LogP contribution in [0.4, 0.5) is 0 Å². The Labute approximate surface area is 155 Å². The van der Waals surface area contributed by atoms with E-state index in [0.717, 1.165) is 47.2 Å². The largest absolute Gasteiger partial charge is 0.365 e. The molecule has 124 valence electrons. The molecule has 1 saturated heterocycles. The fraction of sp³-hybridized carbons (Fsp3) is 0.316. The first kappa shape index (κ1) is 16.3. The van der Waals surface area contributed by atoms with E-state index in [4.69, 9.17) is 21.3 Å². The monoisotopic (exact) mass is 404 g/mol. The van der Waals surface area contributed by atoms with Crippen LogP contribution in [0.15, 0.2) is 57.2 Å². The number of ether oxygens (including phenoxy) is 1. The number of nitrogens with one attached hydrogen (secondary N) is 1. The van der Waals surface area contributed by atoms with Crippen molar-refractivity contribution < 1.29 is 4.74 Å². The van der Waals surface area contributed by atoms with E-state index in [9.17, 15) is 0 Å². The summed E-state index contributed by atoms with van der Waals surface area (Å²) in [6, 6.07) is 4.08. The second-order valence-electron chi connectivity index (χ2n) is 6.14. The van der Waals surface area contributed by atoms with Crippen LogP contribution in [-0.4, -0.2) is 24.2 Å². The molecule has 1 unspecified atom stereocenters. The molecule has 5 heteroatoms. The number of allylic oxidation sites excluding steroid dienone is 5. The van der Waals surface area contributed by atoms with Gasteiger partial charge in [-0.3, -0.25) is 4.98 Å². The SMILES string of the molecule is ClC1=CC2C=C(C=C1Br)C(=C1CCNCC1)c1ncccc1CO2. The molecule has 1 aromatic heterocycles. The van der Waals surface area contributed by atoms with Gasteiger partial charge < -0.3 is 10.1 Å². The zero-order valence-corrected chi connectivity index (χ0v) is 15.5. The van der Waals surface area contributed by atoms with Crippen molar-refractivity contribution in [1.82, 2.24) is 10.3 Å². The zero-order valence-electron chi connectivity index (χ0n) is 13.2. The summed E-state index contributed by atoms with van der Waals surface area (Å²) in [5, 5.41) is 4.12. The van der Waals surface area contributed by atoms with Crippen LogP contribution in [0.5, 0.6) is 0 Å². The van der Waals surface area contributed by atoms with Crippen LogP contribution in [0.3, 0.4) is 0 Å². The van der Waals surface area contributed by atoms with Gasteiger partial charge in [-0.25, -0.2) is 0 Å². The Kier molecular flexibility index (Phi) is 4.72. The van der Waals surface area contributed by atoms with E-state index in [2.05, 4.69) is 39.5 Å². The van der Waals surface area contributed by atoms with Gasteiger partial charge in [-0.1, -0.05) is 23.2 Å². The summed E-state index contributed by atoms with van der Waals surface area (Å²) in [6.07, 6.45) is 10.0. The molecule has 2 bridgehead atoms. The second-order valence-corrected chi connectivity index (χ2v) is 7.41. The minimum atomic E-state index is -0.135. The zero-order chi connectivity index (χ0) is 16.5. The predicted octanol–water partition coefficient (Wildman–Crippen LogP) is 4.46. The van der Waals surface area contributed by atoms with Gasteiger partial charge in [-0.2, -0.15) is 0 Å². The molecule has 2 aliphatic heterocycles. The second kappa shape index (κ2) is 6.96. The summed E-state index contributed by atoms with van der Waals surface area (Å²) in [7, 11) is 0. The third-order valence-electron chi connectivity index (χ3n) is 4.57. The standard InChI is InChI=1S/C19H18BrClN2O/c20-16-9-14-8-15(10-17(16)21)24-11-13-2-1-5-23-19(13)18(14)12-3-6-22-7-4-12/h1-2,5,8-10,15,22H,3-4,6-7,11H2. The highest BCUT2D eigenvalue weighted by Crippen LogP contribution is 2.38. The van der Waals surface area contributed by atoms with Crippen LogP contribution < -0.4 is 5.32 Å². The molecule has 3 aliphatic rings. The van der Waals surface area contributed by atoms with Crippen LogP contribution in [0, 0.1) is 0 Å². The van der Waals surface area contributed by atoms with Gasteiger partial charge in [0.05, 0.1) is 23.4 Å². The number of halogens is 2. The van der Waals surface area contributed by atoms with E-state index < -0.39 is 0 Å². The molecule has 1 atom stereocenters. The Morgan fingerprint density at radius 1 is 1.25 bits per heavy atom. The lowest BCUT2D eigenvalue weighted by Crippen LogP contribution is -2.24. The van der Waals surface area contributed by atoms with E-state index in [-0.39, 0.29) is 6.10 Å². The van der Waals surface area contributed by atoms with Crippen LogP contribution >= 0.6 is 27.5 Å². The number of hydrogen-bond acceptors (Lipinski definition) is 3. The molecule has 0 aromatic carbocycles. The molecule has 0 saturated carbocycles. The number of hydrogen-bond donors (Lipinski definition) is 1. The molecule has 0 radical (unpaired) electrons. The van der Waals surface area contributed by atoms with Gasteiger partial charge in [0.25, 0.3) is 0 Å². The number of rotatable bonds is 0. The van der Waals surface area contributed by atoms with Crippen LogP contribution in [0.2, 0.25) is 0 Å². The van der Waals surface area contributed by atoms with Crippen molar-refractivity contribution in [2.75, 3.05) is 13.1 Å². The Bertz CT molecular complexity index is 786. The van der Waals surface area contributed by atoms with Gasteiger partial charge in [-0.05, 0) is 71.7 Å². The molecule has 0 amide bonds. The maximum absolute atomic E-state index is 6.38. The third kappa shape index (κ3) is 3.16. The summed E-state index contributed by atoms with van der Waals surface area (Å²) in [6.45, 7) is 2.56. The molecule has 1 N–H and O–H groups in total. The summed E-state index contributed by atoms with van der Waals surface area (Å²) >= 11 is 9.97. The summed E-state index contributed by atoms with van der Waals surface area (Å²) in [5.74, 6) is 0. The van der Waals surface area contributed by atoms with Crippen molar-refractivity contribution in [1.29, 1.82) is 0 Å². The lowest BCUT2D eigenvalue weighted by atomic mass is 9.88. The van der Waals surface area contributed by atoms with E-state index in [1.807, 2.05) is 18.3 Å². The Balaban J connectivity index is 1.94. The first-order chi connectivity index (χ1) is 11.7. The van der Waals surface area contributed by atoms with Crippen molar-refractivity contribution in [3.05, 3.63) is 68.5 Å². The van der Waals surface area contributed by atoms with E-state index in [1.165, 1.54) is 11.1 Å². The van der Waals surface area contributed by atoms with Crippen molar-refractivity contribution in [2.24, 2.45) is 0 Å². The molecule has 0 spiro atoms. The topological polar surface area (TPSA) is 34.2 Å². The Hall–Kier alpha value is -1.20. The van der Waals surface area contributed by atoms with Gasteiger partial charge in [0, 0.05) is 21.8 Å². The van der Waals surface area contributed by atoms with Crippen molar-refractivity contribution >= 4 is 33.1 Å². The highest BCUT2D eigenvalue weighted by molar-refractivity contribution is 9.12. The third-order valence-corrected chi connectivity index (χ3v) is 5.79. The fourth-order valence-electron chi connectivity index (χ4n) is 3.41. The van der Waals surface area contributed by atoms with Gasteiger partial charge in [-0.15, -0.1) is 0 Å². The van der Waals surface area contributed by atoms with Crippen molar-refractivity contribution in [3.63, 3.8) is 0 Å². The lowest BCUT2D eigenvalue weighted by Gasteiger charge is -2.25. The molecule has 1 fully saturated rings. The molecule has 3 nitrogen and oxygen atoms in total. The minimum absolute atomic E-state index is 0.135. The average Bonchev–Trinajstić information content (AvgIpc) is 2.74. The van der Waals surface area contributed by atoms with Crippen LogP contribution in [0.1, 0.15) is 24.1 Å². The highest BCUT2D eigenvalue weighted by atomic mass is 79.9. The summed E-state index contributed by atoms with van der Waals surface area (Å²) in [5.41, 5.74) is 6.00. The van der Waals surface area contributed by atoms with Crippen molar-refractivity contribution in [2.45, 2.75) is 25.6 Å². The molecular formula is C19H18BrClN2O.